The van der Waals surface area contributed by atoms with Crippen molar-refractivity contribution in [2.75, 3.05) is 26.2 Å². The van der Waals surface area contributed by atoms with E-state index >= 15 is 0 Å². The highest BCUT2D eigenvalue weighted by molar-refractivity contribution is 5.68. The van der Waals surface area contributed by atoms with Crippen LogP contribution in [-0.2, 0) is 4.74 Å². The number of carbonyl (C=O) groups is 1. The molecule has 1 aromatic carbocycles. The third-order valence-electron chi connectivity index (χ3n) is 3.18. The third kappa shape index (κ3) is 4.87. The Morgan fingerprint density at radius 3 is 2.82 bits per heavy atom. The highest BCUT2D eigenvalue weighted by atomic mass is 19.1. The van der Waals surface area contributed by atoms with Gasteiger partial charge in [0.05, 0.1) is 6.04 Å². The maximum Gasteiger partial charge on any atom is 0.410 e. The molecule has 1 amide bonds. The predicted octanol–water partition coefficient (Wildman–Crippen LogP) is 2.41. The van der Waals surface area contributed by atoms with Crippen molar-refractivity contribution < 1.29 is 18.7 Å². The van der Waals surface area contributed by atoms with Gasteiger partial charge in [-0.25, -0.2) is 9.18 Å². The van der Waals surface area contributed by atoms with Crippen molar-refractivity contribution >= 4 is 6.09 Å². The molecule has 1 fully saturated rings. The van der Waals surface area contributed by atoms with E-state index in [1.54, 1.807) is 23.1 Å². The topological polar surface area (TPSA) is 50.8 Å². The molecule has 1 aromatic rings. The number of amides is 1. The molecule has 1 unspecified atom stereocenters. The van der Waals surface area contributed by atoms with E-state index in [-0.39, 0.29) is 23.7 Å². The average molecular weight is 310 g/mol. The number of benzene rings is 1. The molecule has 0 saturated carbocycles. The van der Waals surface area contributed by atoms with Gasteiger partial charge < -0.3 is 19.7 Å². The van der Waals surface area contributed by atoms with Crippen LogP contribution in [0.3, 0.4) is 0 Å². The number of piperazine rings is 1. The minimum Gasteiger partial charge on any atom is -0.489 e. The molecule has 0 radical (unpaired) electrons. The largest absolute Gasteiger partial charge is 0.489 e. The maximum absolute atomic E-state index is 13.5. The summed E-state index contributed by atoms with van der Waals surface area (Å²) in [7, 11) is 0. The summed E-state index contributed by atoms with van der Waals surface area (Å²) >= 11 is 0. The zero-order valence-corrected chi connectivity index (χ0v) is 13.3. The highest BCUT2D eigenvalue weighted by Crippen LogP contribution is 2.16. The summed E-state index contributed by atoms with van der Waals surface area (Å²) in [6.07, 6.45) is -0.329. The first-order chi connectivity index (χ1) is 10.3. The quantitative estimate of drug-likeness (QED) is 0.931. The van der Waals surface area contributed by atoms with E-state index in [2.05, 4.69) is 5.32 Å². The minimum absolute atomic E-state index is 0.0547. The number of ether oxygens (including phenoxy) is 2. The van der Waals surface area contributed by atoms with Crippen LogP contribution in [0.5, 0.6) is 5.75 Å². The lowest BCUT2D eigenvalue weighted by Crippen LogP contribution is -2.55. The third-order valence-corrected chi connectivity index (χ3v) is 3.18. The standard InChI is InChI=1S/C16H23FN2O3/c1-16(2,3)22-15(20)19-9-8-18-12(10-19)11-21-14-7-5-4-6-13(14)17/h4-7,12,18H,8-11H2,1-3H3. The van der Waals surface area contributed by atoms with Crippen molar-refractivity contribution in [2.45, 2.75) is 32.4 Å². The smallest absolute Gasteiger partial charge is 0.410 e. The van der Waals surface area contributed by atoms with Crippen LogP contribution in [0, 0.1) is 5.82 Å². The van der Waals surface area contributed by atoms with Gasteiger partial charge in [0, 0.05) is 19.6 Å². The molecular formula is C16H23FN2O3. The summed E-state index contributed by atoms with van der Waals surface area (Å²) in [6, 6.07) is 6.23. The fourth-order valence-electron chi connectivity index (χ4n) is 2.18. The molecule has 1 heterocycles. The lowest BCUT2D eigenvalue weighted by Gasteiger charge is -2.34. The number of rotatable bonds is 3. The number of nitrogens with one attached hydrogen (secondary N) is 1. The Morgan fingerprint density at radius 2 is 2.14 bits per heavy atom. The van der Waals surface area contributed by atoms with Crippen molar-refractivity contribution in [3.05, 3.63) is 30.1 Å². The van der Waals surface area contributed by atoms with E-state index < -0.39 is 5.60 Å². The Labute approximate surface area is 130 Å². The number of halogens is 1. The normalized spacial score (nSPS) is 18.9. The van der Waals surface area contributed by atoms with E-state index in [0.29, 0.717) is 26.2 Å². The van der Waals surface area contributed by atoms with Gasteiger partial charge in [0.1, 0.15) is 12.2 Å². The van der Waals surface area contributed by atoms with Gasteiger partial charge in [-0.3, -0.25) is 0 Å². The Bertz CT molecular complexity index is 516. The van der Waals surface area contributed by atoms with Crippen LogP contribution in [0.25, 0.3) is 0 Å². The molecule has 22 heavy (non-hydrogen) atoms. The van der Waals surface area contributed by atoms with Crippen molar-refractivity contribution in [2.24, 2.45) is 0 Å². The number of hydrogen-bond acceptors (Lipinski definition) is 4. The Morgan fingerprint density at radius 1 is 1.41 bits per heavy atom. The molecule has 1 aliphatic rings. The highest BCUT2D eigenvalue weighted by Gasteiger charge is 2.27. The molecule has 1 atom stereocenters. The summed E-state index contributed by atoms with van der Waals surface area (Å²) in [5.41, 5.74) is -0.513. The zero-order chi connectivity index (χ0) is 16.2. The van der Waals surface area contributed by atoms with Gasteiger partial charge in [-0.2, -0.15) is 0 Å². The van der Waals surface area contributed by atoms with Crippen LogP contribution in [0.4, 0.5) is 9.18 Å². The van der Waals surface area contributed by atoms with Gasteiger partial charge in [0.25, 0.3) is 0 Å². The maximum atomic E-state index is 13.5. The second-order valence-corrected chi connectivity index (χ2v) is 6.32. The summed E-state index contributed by atoms with van der Waals surface area (Å²) in [4.78, 5) is 13.7. The first-order valence-corrected chi connectivity index (χ1v) is 7.44. The SMILES string of the molecule is CC(C)(C)OC(=O)N1CCNC(COc2ccccc2F)C1. The second-order valence-electron chi connectivity index (χ2n) is 6.32. The van der Waals surface area contributed by atoms with Gasteiger partial charge in [-0.05, 0) is 32.9 Å². The number of carbonyl (C=O) groups excluding carboxylic acids is 1. The number of nitrogens with zero attached hydrogens (tertiary/aromatic N) is 1. The molecule has 1 N–H and O–H groups in total. The summed E-state index contributed by atoms with van der Waals surface area (Å²) in [5, 5.41) is 3.26. The predicted molar refractivity (Wildman–Crippen MR) is 81.5 cm³/mol. The molecule has 1 saturated heterocycles. The fourth-order valence-corrected chi connectivity index (χ4v) is 2.18. The van der Waals surface area contributed by atoms with Gasteiger partial charge in [0.2, 0.25) is 0 Å². The van der Waals surface area contributed by atoms with Crippen LogP contribution in [0.15, 0.2) is 24.3 Å². The molecule has 122 valence electrons. The minimum atomic E-state index is -0.513. The van der Waals surface area contributed by atoms with Gasteiger partial charge in [-0.1, -0.05) is 12.1 Å². The molecule has 0 aromatic heterocycles. The summed E-state index contributed by atoms with van der Waals surface area (Å²) < 4.78 is 24.4. The first-order valence-electron chi connectivity index (χ1n) is 7.44. The molecule has 1 aliphatic heterocycles. The number of para-hydroxylation sites is 1. The molecule has 0 bridgehead atoms. The monoisotopic (exact) mass is 310 g/mol. The van der Waals surface area contributed by atoms with Crippen molar-refractivity contribution in [3.63, 3.8) is 0 Å². The Kier molecular flexibility index (Phi) is 5.24. The van der Waals surface area contributed by atoms with E-state index in [1.807, 2.05) is 20.8 Å². The van der Waals surface area contributed by atoms with Gasteiger partial charge in [0.15, 0.2) is 11.6 Å². The lowest BCUT2D eigenvalue weighted by molar-refractivity contribution is 0.0177. The molecule has 2 rings (SSSR count). The van der Waals surface area contributed by atoms with Crippen LogP contribution >= 0.6 is 0 Å². The van der Waals surface area contributed by atoms with E-state index in [9.17, 15) is 9.18 Å². The van der Waals surface area contributed by atoms with Crippen molar-refractivity contribution in [1.29, 1.82) is 0 Å². The average Bonchev–Trinajstić information content (AvgIpc) is 2.45. The summed E-state index contributed by atoms with van der Waals surface area (Å²) in [5.74, 6) is -0.166. The van der Waals surface area contributed by atoms with Crippen LogP contribution in [-0.4, -0.2) is 48.9 Å². The molecular weight excluding hydrogens is 287 g/mol. The van der Waals surface area contributed by atoms with Gasteiger partial charge >= 0.3 is 6.09 Å². The molecule has 0 aliphatic carbocycles. The van der Waals surface area contributed by atoms with E-state index in [0.717, 1.165) is 0 Å². The van der Waals surface area contributed by atoms with Crippen molar-refractivity contribution in [3.8, 4) is 5.75 Å². The van der Waals surface area contributed by atoms with Crippen LogP contribution in [0.1, 0.15) is 20.8 Å². The molecule has 0 spiro atoms. The Hall–Kier alpha value is -1.82. The Balaban J connectivity index is 1.86. The van der Waals surface area contributed by atoms with Crippen LogP contribution < -0.4 is 10.1 Å². The first kappa shape index (κ1) is 16.5. The second kappa shape index (κ2) is 6.96. The number of hydrogen-bond donors (Lipinski definition) is 1. The fraction of sp³-hybridized carbons (Fsp3) is 0.562. The van der Waals surface area contributed by atoms with Crippen molar-refractivity contribution in [1.82, 2.24) is 10.2 Å². The zero-order valence-electron chi connectivity index (χ0n) is 13.3. The molecule has 6 heteroatoms. The van der Waals surface area contributed by atoms with E-state index in [4.69, 9.17) is 9.47 Å². The summed E-state index contributed by atoms with van der Waals surface area (Å²) in [6.45, 7) is 7.53. The van der Waals surface area contributed by atoms with E-state index in [1.165, 1.54) is 6.07 Å². The van der Waals surface area contributed by atoms with Crippen LogP contribution in [0.2, 0.25) is 0 Å². The molecule has 5 nitrogen and oxygen atoms in total. The van der Waals surface area contributed by atoms with Gasteiger partial charge in [-0.15, -0.1) is 0 Å². The lowest BCUT2D eigenvalue weighted by atomic mass is 10.2.